The molecule has 1 aromatic heterocycles. The molecule has 1 fully saturated rings. The molecule has 0 radical (unpaired) electrons. The molecule has 0 saturated carbocycles. The summed E-state index contributed by atoms with van der Waals surface area (Å²) in [7, 11) is 1.62. The molecule has 1 atom stereocenters. The van der Waals surface area contributed by atoms with Gasteiger partial charge in [-0.05, 0) is 56.8 Å². The van der Waals surface area contributed by atoms with Crippen LogP contribution < -0.4 is 9.47 Å². The van der Waals surface area contributed by atoms with E-state index in [2.05, 4.69) is 9.47 Å². The van der Waals surface area contributed by atoms with Crippen LogP contribution in [-0.2, 0) is 0 Å². The fourth-order valence-electron chi connectivity index (χ4n) is 4.49. The lowest BCUT2D eigenvalue weighted by molar-refractivity contribution is 0.103. The molecule has 0 amide bonds. The predicted octanol–water partition coefficient (Wildman–Crippen LogP) is 4.48. The van der Waals surface area contributed by atoms with Crippen LogP contribution in [0.1, 0.15) is 34.1 Å². The number of hydrogen-bond acceptors (Lipinski definition) is 4. The van der Waals surface area contributed by atoms with Crippen LogP contribution in [0.15, 0.2) is 36.4 Å². The maximum absolute atomic E-state index is 13.5. The summed E-state index contributed by atoms with van der Waals surface area (Å²) in [5.41, 5.74) is 3.28. The van der Waals surface area contributed by atoms with Crippen molar-refractivity contribution < 1.29 is 14.3 Å². The normalized spacial score (nSPS) is 18.4. The number of ether oxygens (including phenoxy) is 2. The zero-order valence-electron chi connectivity index (χ0n) is 16.6. The van der Waals surface area contributed by atoms with Gasteiger partial charge in [-0.25, -0.2) is 0 Å². The zero-order valence-corrected chi connectivity index (χ0v) is 17.3. The van der Waals surface area contributed by atoms with E-state index in [1.807, 2.05) is 43.3 Å². The van der Waals surface area contributed by atoms with E-state index in [-0.39, 0.29) is 11.8 Å². The van der Waals surface area contributed by atoms with Crippen LogP contribution in [0.4, 0.5) is 0 Å². The molecule has 0 bridgehead atoms. The van der Waals surface area contributed by atoms with E-state index in [9.17, 15) is 4.79 Å². The Morgan fingerprint density at radius 1 is 1.24 bits per heavy atom. The average Bonchev–Trinajstić information content (AvgIpc) is 2.99. The van der Waals surface area contributed by atoms with Crippen LogP contribution in [0.2, 0.25) is 5.02 Å². The van der Waals surface area contributed by atoms with Crippen LogP contribution in [0.25, 0.3) is 10.9 Å². The summed E-state index contributed by atoms with van der Waals surface area (Å²) in [5, 5.41) is 1.44. The average molecular weight is 411 g/mol. The highest BCUT2D eigenvalue weighted by atomic mass is 35.5. The van der Waals surface area contributed by atoms with E-state index in [0.717, 1.165) is 47.7 Å². The molecule has 5 nitrogen and oxygen atoms in total. The Hall–Kier alpha value is -2.50. The first-order chi connectivity index (χ1) is 14.1. The largest absolute Gasteiger partial charge is 0.497 e. The second-order valence-electron chi connectivity index (χ2n) is 7.81. The third-order valence-corrected chi connectivity index (χ3v) is 6.28. The van der Waals surface area contributed by atoms with Gasteiger partial charge in [-0.15, -0.1) is 0 Å². The van der Waals surface area contributed by atoms with Crippen molar-refractivity contribution in [3.8, 4) is 11.5 Å². The number of nitrogens with zero attached hydrogens (tertiary/aromatic N) is 2. The molecule has 29 heavy (non-hydrogen) atoms. The summed E-state index contributed by atoms with van der Waals surface area (Å²) < 4.78 is 13.6. The van der Waals surface area contributed by atoms with Crippen LogP contribution >= 0.6 is 11.6 Å². The van der Waals surface area contributed by atoms with Gasteiger partial charge in [0.1, 0.15) is 18.1 Å². The van der Waals surface area contributed by atoms with Crippen LogP contribution in [0.3, 0.4) is 0 Å². The van der Waals surface area contributed by atoms with Gasteiger partial charge < -0.3 is 18.9 Å². The fraction of sp³-hybridized carbons (Fsp3) is 0.348. The lowest BCUT2D eigenvalue weighted by Gasteiger charge is -2.36. The minimum atomic E-state index is -0.00767. The third-order valence-electron chi connectivity index (χ3n) is 6.07. The predicted molar refractivity (Wildman–Crippen MR) is 114 cm³/mol. The minimum absolute atomic E-state index is 0.00767. The van der Waals surface area contributed by atoms with Crippen molar-refractivity contribution in [2.24, 2.45) is 0 Å². The smallest absolute Gasteiger partial charge is 0.195 e. The summed E-state index contributed by atoms with van der Waals surface area (Å²) in [5.74, 6) is 1.47. The van der Waals surface area contributed by atoms with E-state index in [1.165, 1.54) is 6.42 Å². The van der Waals surface area contributed by atoms with Crippen molar-refractivity contribution in [2.45, 2.75) is 19.4 Å². The van der Waals surface area contributed by atoms with Gasteiger partial charge in [0.05, 0.1) is 24.2 Å². The van der Waals surface area contributed by atoms with E-state index >= 15 is 0 Å². The van der Waals surface area contributed by atoms with Crippen molar-refractivity contribution in [1.82, 2.24) is 9.47 Å². The number of carbonyl (C=O) groups excluding carboxylic acids is 1. The van der Waals surface area contributed by atoms with Crippen molar-refractivity contribution in [2.75, 3.05) is 33.4 Å². The fourth-order valence-corrected chi connectivity index (χ4v) is 4.70. The molecular weight excluding hydrogens is 388 g/mol. The second-order valence-corrected chi connectivity index (χ2v) is 8.24. The summed E-state index contributed by atoms with van der Waals surface area (Å²) in [4.78, 5) is 15.9. The van der Waals surface area contributed by atoms with Gasteiger partial charge in [0.25, 0.3) is 0 Å². The first kappa shape index (κ1) is 18.5. The number of aromatic nitrogens is 1. The first-order valence-corrected chi connectivity index (χ1v) is 10.3. The van der Waals surface area contributed by atoms with E-state index in [4.69, 9.17) is 21.1 Å². The molecule has 2 aromatic carbocycles. The summed E-state index contributed by atoms with van der Waals surface area (Å²) in [6.45, 7) is 5.81. The number of rotatable bonds is 5. The Balaban J connectivity index is 1.65. The van der Waals surface area contributed by atoms with Gasteiger partial charge in [-0.3, -0.25) is 4.79 Å². The summed E-state index contributed by atoms with van der Waals surface area (Å²) in [6.07, 6.45) is 1.25. The Morgan fingerprint density at radius 3 is 2.66 bits per heavy atom. The van der Waals surface area contributed by atoms with Crippen LogP contribution in [0, 0.1) is 6.92 Å². The Labute approximate surface area is 174 Å². The Kier molecular flexibility index (Phi) is 4.52. The van der Waals surface area contributed by atoms with Crippen molar-refractivity contribution >= 4 is 28.3 Å². The number of likely N-dealkylation sites (tertiary alicyclic amines) is 1. The van der Waals surface area contributed by atoms with Gasteiger partial charge in [-0.2, -0.15) is 0 Å². The highest BCUT2D eigenvalue weighted by Crippen LogP contribution is 2.41. The molecule has 2 aliphatic rings. The molecule has 0 spiro atoms. The highest BCUT2D eigenvalue weighted by molar-refractivity contribution is 6.32. The van der Waals surface area contributed by atoms with Crippen molar-refractivity contribution in [3.05, 3.63) is 58.2 Å². The van der Waals surface area contributed by atoms with Crippen LogP contribution in [-0.4, -0.2) is 48.6 Å². The van der Waals surface area contributed by atoms with Crippen molar-refractivity contribution in [1.29, 1.82) is 0 Å². The highest BCUT2D eigenvalue weighted by Gasteiger charge is 2.32. The van der Waals surface area contributed by atoms with Gasteiger partial charge in [-0.1, -0.05) is 11.6 Å². The molecule has 1 unspecified atom stereocenters. The molecule has 1 saturated heterocycles. The number of hydrogen-bond donors (Lipinski definition) is 0. The van der Waals surface area contributed by atoms with E-state index in [1.54, 1.807) is 7.11 Å². The number of carbonyl (C=O) groups is 1. The topological polar surface area (TPSA) is 43.7 Å². The van der Waals surface area contributed by atoms with E-state index < -0.39 is 0 Å². The van der Waals surface area contributed by atoms with Crippen LogP contribution in [0.5, 0.6) is 11.5 Å². The van der Waals surface area contributed by atoms with E-state index in [0.29, 0.717) is 22.8 Å². The molecule has 3 aromatic rings. The lowest BCUT2D eigenvalue weighted by atomic mass is 10.0. The van der Waals surface area contributed by atoms with Gasteiger partial charge >= 0.3 is 0 Å². The monoisotopic (exact) mass is 410 g/mol. The standard InChI is InChI=1S/C23H23ClN2O3/c1-14-21(23(27)15-4-6-18(28-2)7-5-15)19-10-16(24)11-20-22(19)26(14)17(13-29-20)12-25-8-3-9-25/h4-7,10-11,17H,3,8-9,12-13H2,1-2H3. The third kappa shape index (κ3) is 3.00. The number of methoxy groups -OCH3 is 1. The van der Waals surface area contributed by atoms with Gasteiger partial charge in [0.15, 0.2) is 5.78 Å². The number of ketones is 1. The molecule has 3 heterocycles. The molecule has 0 aliphatic carbocycles. The molecule has 150 valence electrons. The summed E-state index contributed by atoms with van der Waals surface area (Å²) >= 11 is 6.38. The maximum Gasteiger partial charge on any atom is 0.195 e. The molecule has 2 aliphatic heterocycles. The molecule has 5 rings (SSSR count). The SMILES string of the molecule is COc1ccc(C(=O)c2c(C)n3c4c(cc(Cl)cc24)OCC3CN2CCC2)cc1. The maximum atomic E-state index is 13.5. The molecule has 6 heteroatoms. The number of benzene rings is 2. The summed E-state index contributed by atoms with van der Waals surface area (Å²) in [6, 6.07) is 11.2. The Morgan fingerprint density at radius 2 is 2.00 bits per heavy atom. The number of halogens is 1. The molecule has 0 N–H and O–H groups in total. The second kappa shape index (κ2) is 7.08. The minimum Gasteiger partial charge on any atom is -0.497 e. The van der Waals surface area contributed by atoms with Crippen molar-refractivity contribution in [3.63, 3.8) is 0 Å². The first-order valence-electron chi connectivity index (χ1n) is 9.94. The molecular formula is C23H23ClN2O3. The zero-order chi connectivity index (χ0) is 20.1. The van der Waals surface area contributed by atoms with Gasteiger partial charge in [0.2, 0.25) is 0 Å². The Bertz CT molecular complexity index is 1100. The van der Waals surface area contributed by atoms with Gasteiger partial charge in [0, 0.05) is 34.3 Å². The quantitative estimate of drug-likeness (QED) is 0.581. The lowest BCUT2D eigenvalue weighted by Crippen LogP contribution is -2.43.